The standard InChI is InChI=1S/C21H30N6O2/c1-2-25-12-14-26(15-13-25)10-4-8-22-20(28)21(29)24-19-7-3-6-18(16-19)17-27-11-5-9-23-27/h3,5-7,9,11,16H,2,4,8,10,12-15,17H2,1H3,(H,22,28)(H,24,29). The number of amides is 2. The van der Waals surface area contributed by atoms with Crippen molar-refractivity contribution in [3.63, 3.8) is 0 Å². The van der Waals surface area contributed by atoms with Gasteiger partial charge in [0.25, 0.3) is 0 Å². The van der Waals surface area contributed by atoms with E-state index in [-0.39, 0.29) is 0 Å². The van der Waals surface area contributed by atoms with Crippen LogP contribution < -0.4 is 10.6 Å². The Bertz CT molecular complexity index is 784. The van der Waals surface area contributed by atoms with Crippen molar-refractivity contribution in [2.75, 3.05) is 51.1 Å². The van der Waals surface area contributed by atoms with E-state index in [1.807, 2.05) is 30.5 Å². The molecule has 0 spiro atoms. The summed E-state index contributed by atoms with van der Waals surface area (Å²) in [4.78, 5) is 29.1. The topological polar surface area (TPSA) is 82.5 Å². The third-order valence-electron chi connectivity index (χ3n) is 5.14. The first kappa shape index (κ1) is 21.0. The Kier molecular flexibility index (Phi) is 7.77. The van der Waals surface area contributed by atoms with Gasteiger partial charge in [0.1, 0.15) is 0 Å². The molecule has 0 saturated carbocycles. The molecule has 1 aliphatic heterocycles. The molecule has 0 bridgehead atoms. The zero-order valence-electron chi connectivity index (χ0n) is 17.0. The van der Waals surface area contributed by atoms with Gasteiger partial charge in [-0.25, -0.2) is 0 Å². The number of nitrogens with one attached hydrogen (secondary N) is 2. The minimum absolute atomic E-state index is 0.500. The van der Waals surface area contributed by atoms with Crippen LogP contribution >= 0.6 is 0 Å². The van der Waals surface area contributed by atoms with Crippen molar-refractivity contribution in [2.45, 2.75) is 19.9 Å². The Hall–Kier alpha value is -2.71. The number of benzene rings is 1. The van der Waals surface area contributed by atoms with Gasteiger partial charge in [0.15, 0.2) is 0 Å². The van der Waals surface area contributed by atoms with Gasteiger partial charge in [-0.05, 0) is 43.3 Å². The maximum Gasteiger partial charge on any atom is 0.313 e. The Labute approximate surface area is 171 Å². The lowest BCUT2D eigenvalue weighted by Crippen LogP contribution is -2.46. The molecule has 2 heterocycles. The zero-order valence-corrected chi connectivity index (χ0v) is 17.0. The first-order chi connectivity index (χ1) is 14.1. The third kappa shape index (κ3) is 6.69. The number of carbonyl (C=O) groups is 2. The van der Waals surface area contributed by atoms with Crippen LogP contribution in [-0.2, 0) is 16.1 Å². The summed E-state index contributed by atoms with van der Waals surface area (Å²) in [5, 5.41) is 9.55. The number of carbonyl (C=O) groups excluding carboxylic acids is 2. The molecule has 0 aliphatic carbocycles. The lowest BCUT2D eigenvalue weighted by molar-refractivity contribution is -0.136. The minimum Gasteiger partial charge on any atom is -0.348 e. The van der Waals surface area contributed by atoms with Gasteiger partial charge in [0, 0.05) is 50.8 Å². The van der Waals surface area contributed by atoms with Crippen molar-refractivity contribution >= 4 is 17.5 Å². The summed E-state index contributed by atoms with van der Waals surface area (Å²) in [7, 11) is 0. The molecule has 2 N–H and O–H groups in total. The molecule has 1 fully saturated rings. The highest BCUT2D eigenvalue weighted by Crippen LogP contribution is 2.11. The van der Waals surface area contributed by atoms with E-state index in [1.165, 1.54) is 0 Å². The molecule has 1 aromatic heterocycles. The van der Waals surface area contributed by atoms with Crippen LogP contribution in [0.2, 0.25) is 0 Å². The molecule has 1 aromatic carbocycles. The van der Waals surface area contributed by atoms with Gasteiger partial charge in [0.2, 0.25) is 0 Å². The van der Waals surface area contributed by atoms with E-state index in [0.717, 1.165) is 51.3 Å². The van der Waals surface area contributed by atoms with Crippen LogP contribution in [0.4, 0.5) is 5.69 Å². The van der Waals surface area contributed by atoms with Crippen LogP contribution in [-0.4, -0.2) is 77.2 Å². The first-order valence-electron chi connectivity index (χ1n) is 10.2. The number of rotatable bonds is 8. The van der Waals surface area contributed by atoms with Gasteiger partial charge in [0.05, 0.1) is 6.54 Å². The largest absolute Gasteiger partial charge is 0.348 e. The second-order valence-corrected chi connectivity index (χ2v) is 7.24. The third-order valence-corrected chi connectivity index (χ3v) is 5.14. The Balaban J connectivity index is 1.36. The SMILES string of the molecule is CCN1CCN(CCCNC(=O)C(=O)Nc2cccc(Cn3cccn3)c2)CC1. The molecule has 29 heavy (non-hydrogen) atoms. The zero-order chi connectivity index (χ0) is 20.5. The van der Waals surface area contributed by atoms with Crippen LogP contribution in [0.15, 0.2) is 42.7 Å². The van der Waals surface area contributed by atoms with Crippen molar-refractivity contribution in [3.8, 4) is 0 Å². The number of anilines is 1. The van der Waals surface area contributed by atoms with Gasteiger partial charge in [-0.1, -0.05) is 19.1 Å². The predicted molar refractivity (Wildman–Crippen MR) is 113 cm³/mol. The fourth-order valence-corrected chi connectivity index (χ4v) is 3.43. The number of likely N-dealkylation sites (N-methyl/N-ethyl adjacent to an activating group) is 1. The van der Waals surface area contributed by atoms with Crippen molar-refractivity contribution in [1.29, 1.82) is 0 Å². The molecular formula is C21H30N6O2. The number of hydrogen-bond acceptors (Lipinski definition) is 5. The van der Waals surface area contributed by atoms with Crippen molar-refractivity contribution in [3.05, 3.63) is 48.3 Å². The molecule has 1 saturated heterocycles. The van der Waals surface area contributed by atoms with Crippen molar-refractivity contribution < 1.29 is 9.59 Å². The molecule has 8 nitrogen and oxygen atoms in total. The highest BCUT2D eigenvalue weighted by atomic mass is 16.2. The molecule has 3 rings (SSSR count). The highest BCUT2D eigenvalue weighted by molar-refractivity contribution is 6.39. The van der Waals surface area contributed by atoms with E-state index >= 15 is 0 Å². The van der Waals surface area contributed by atoms with Crippen LogP contribution in [0, 0.1) is 0 Å². The summed E-state index contributed by atoms with van der Waals surface area (Å²) in [6, 6.07) is 9.29. The average Bonchev–Trinajstić information content (AvgIpc) is 3.24. The summed E-state index contributed by atoms with van der Waals surface area (Å²) in [5.41, 5.74) is 1.60. The van der Waals surface area contributed by atoms with Crippen molar-refractivity contribution in [2.24, 2.45) is 0 Å². The predicted octanol–water partition coefficient (Wildman–Crippen LogP) is 1.01. The molecule has 0 radical (unpaired) electrons. The van der Waals surface area contributed by atoms with Crippen LogP contribution in [0.3, 0.4) is 0 Å². The molecular weight excluding hydrogens is 368 g/mol. The second-order valence-electron chi connectivity index (χ2n) is 7.24. The second kappa shape index (κ2) is 10.7. The van der Waals surface area contributed by atoms with Crippen LogP contribution in [0.5, 0.6) is 0 Å². The van der Waals surface area contributed by atoms with Crippen LogP contribution in [0.1, 0.15) is 18.9 Å². The summed E-state index contributed by atoms with van der Waals surface area (Å²) >= 11 is 0. The summed E-state index contributed by atoms with van der Waals surface area (Å²) in [6.07, 6.45) is 4.44. The molecule has 2 amide bonds. The van der Waals surface area contributed by atoms with Gasteiger partial charge in [-0.2, -0.15) is 5.10 Å². The lowest BCUT2D eigenvalue weighted by atomic mass is 10.2. The number of hydrogen-bond donors (Lipinski definition) is 2. The smallest absolute Gasteiger partial charge is 0.313 e. The van der Waals surface area contributed by atoms with E-state index < -0.39 is 11.8 Å². The minimum atomic E-state index is -0.641. The van der Waals surface area contributed by atoms with Crippen molar-refractivity contribution in [1.82, 2.24) is 24.9 Å². The Morgan fingerprint density at radius 1 is 1.07 bits per heavy atom. The Morgan fingerprint density at radius 2 is 1.86 bits per heavy atom. The van der Waals surface area contributed by atoms with E-state index in [2.05, 4.69) is 32.5 Å². The quantitative estimate of drug-likeness (QED) is 0.512. The summed E-state index contributed by atoms with van der Waals surface area (Å²) in [5.74, 6) is -1.24. The lowest BCUT2D eigenvalue weighted by Gasteiger charge is -2.33. The number of aromatic nitrogens is 2. The molecule has 0 atom stereocenters. The van der Waals surface area contributed by atoms with E-state index in [0.29, 0.717) is 18.8 Å². The number of piperazine rings is 1. The summed E-state index contributed by atoms with van der Waals surface area (Å²) < 4.78 is 1.80. The normalized spacial score (nSPS) is 15.2. The maximum absolute atomic E-state index is 12.1. The van der Waals surface area contributed by atoms with Gasteiger partial charge >= 0.3 is 11.8 Å². The fourth-order valence-electron chi connectivity index (χ4n) is 3.43. The highest BCUT2D eigenvalue weighted by Gasteiger charge is 2.16. The fraction of sp³-hybridized carbons (Fsp3) is 0.476. The van der Waals surface area contributed by atoms with Gasteiger partial charge < -0.3 is 20.4 Å². The number of nitrogens with zero attached hydrogens (tertiary/aromatic N) is 4. The van der Waals surface area contributed by atoms with E-state index in [9.17, 15) is 9.59 Å². The molecule has 2 aromatic rings. The molecule has 156 valence electrons. The molecule has 8 heteroatoms. The summed E-state index contributed by atoms with van der Waals surface area (Å²) in [6.45, 7) is 9.67. The Morgan fingerprint density at radius 3 is 2.59 bits per heavy atom. The monoisotopic (exact) mass is 398 g/mol. The maximum atomic E-state index is 12.1. The van der Waals surface area contributed by atoms with Gasteiger partial charge in [-0.15, -0.1) is 0 Å². The first-order valence-corrected chi connectivity index (χ1v) is 10.2. The van der Waals surface area contributed by atoms with Crippen LogP contribution in [0.25, 0.3) is 0 Å². The van der Waals surface area contributed by atoms with Gasteiger partial charge in [-0.3, -0.25) is 14.3 Å². The average molecular weight is 399 g/mol. The van der Waals surface area contributed by atoms with E-state index in [1.54, 1.807) is 16.9 Å². The molecule has 1 aliphatic rings. The van der Waals surface area contributed by atoms with E-state index in [4.69, 9.17) is 0 Å². The molecule has 0 unspecified atom stereocenters.